The SMILES string of the molecule is Cc1nn(CCO)c(NCc2ccc(-n3cccn3)cc2)c1C. The summed E-state index contributed by atoms with van der Waals surface area (Å²) in [5.74, 6) is 0.965. The van der Waals surface area contributed by atoms with Crippen molar-refractivity contribution in [2.45, 2.75) is 26.9 Å². The third-order valence-electron chi connectivity index (χ3n) is 3.90. The number of benzene rings is 1. The summed E-state index contributed by atoms with van der Waals surface area (Å²) in [6.07, 6.45) is 3.69. The Balaban J connectivity index is 1.71. The summed E-state index contributed by atoms with van der Waals surface area (Å²) in [5, 5.41) is 21.2. The number of aromatic nitrogens is 4. The Bertz CT molecular complexity index is 759. The lowest BCUT2D eigenvalue weighted by Gasteiger charge is -2.11. The monoisotopic (exact) mass is 311 g/mol. The number of aliphatic hydroxyl groups excluding tert-OH is 1. The Morgan fingerprint density at radius 2 is 1.96 bits per heavy atom. The summed E-state index contributed by atoms with van der Waals surface area (Å²) >= 11 is 0. The van der Waals surface area contributed by atoms with Crippen molar-refractivity contribution in [3.05, 3.63) is 59.5 Å². The fraction of sp³-hybridized carbons (Fsp3) is 0.294. The van der Waals surface area contributed by atoms with Gasteiger partial charge in [0.15, 0.2) is 0 Å². The van der Waals surface area contributed by atoms with Crippen molar-refractivity contribution in [2.75, 3.05) is 11.9 Å². The molecule has 0 saturated carbocycles. The van der Waals surface area contributed by atoms with Crippen LogP contribution in [0.1, 0.15) is 16.8 Å². The highest BCUT2D eigenvalue weighted by atomic mass is 16.3. The molecule has 0 saturated heterocycles. The van der Waals surface area contributed by atoms with Gasteiger partial charge in [-0.05, 0) is 37.6 Å². The molecule has 3 rings (SSSR count). The van der Waals surface area contributed by atoms with Crippen LogP contribution in [0.4, 0.5) is 5.82 Å². The minimum Gasteiger partial charge on any atom is -0.394 e. The molecule has 120 valence electrons. The van der Waals surface area contributed by atoms with Gasteiger partial charge < -0.3 is 10.4 Å². The first-order valence-electron chi connectivity index (χ1n) is 7.66. The Labute approximate surface area is 135 Å². The lowest BCUT2D eigenvalue weighted by atomic mass is 10.2. The minimum atomic E-state index is 0.0772. The lowest BCUT2D eigenvalue weighted by Crippen LogP contribution is -2.11. The van der Waals surface area contributed by atoms with E-state index in [1.165, 1.54) is 5.56 Å². The van der Waals surface area contributed by atoms with Gasteiger partial charge in [0, 0.05) is 24.5 Å². The predicted octanol–water partition coefficient (Wildman–Crippen LogP) is 2.29. The Hall–Kier alpha value is -2.60. The molecule has 0 bridgehead atoms. The number of hydrogen-bond acceptors (Lipinski definition) is 4. The molecule has 1 aromatic carbocycles. The number of hydrogen-bond donors (Lipinski definition) is 2. The zero-order valence-electron chi connectivity index (χ0n) is 13.4. The van der Waals surface area contributed by atoms with Crippen LogP contribution in [-0.2, 0) is 13.1 Å². The second kappa shape index (κ2) is 6.66. The number of aryl methyl sites for hydroxylation is 1. The lowest BCUT2D eigenvalue weighted by molar-refractivity contribution is 0.270. The van der Waals surface area contributed by atoms with Crippen LogP contribution in [0.2, 0.25) is 0 Å². The molecule has 0 spiro atoms. The van der Waals surface area contributed by atoms with Gasteiger partial charge in [-0.15, -0.1) is 0 Å². The third kappa shape index (κ3) is 3.27. The van der Waals surface area contributed by atoms with E-state index in [-0.39, 0.29) is 6.61 Å². The fourth-order valence-corrected chi connectivity index (χ4v) is 2.53. The van der Waals surface area contributed by atoms with E-state index in [9.17, 15) is 0 Å². The topological polar surface area (TPSA) is 67.9 Å². The van der Waals surface area contributed by atoms with Crippen LogP contribution in [0.3, 0.4) is 0 Å². The molecule has 0 aliphatic carbocycles. The smallest absolute Gasteiger partial charge is 0.127 e. The van der Waals surface area contributed by atoms with E-state index in [1.807, 2.05) is 47.6 Å². The summed E-state index contributed by atoms with van der Waals surface area (Å²) in [5.41, 5.74) is 4.31. The van der Waals surface area contributed by atoms with E-state index in [4.69, 9.17) is 5.11 Å². The van der Waals surface area contributed by atoms with Crippen molar-refractivity contribution in [3.63, 3.8) is 0 Å². The highest BCUT2D eigenvalue weighted by Crippen LogP contribution is 2.19. The molecule has 0 unspecified atom stereocenters. The molecule has 0 aliphatic rings. The predicted molar refractivity (Wildman–Crippen MR) is 89.7 cm³/mol. The normalized spacial score (nSPS) is 10.9. The molecule has 2 heterocycles. The number of aliphatic hydroxyl groups is 1. The maximum Gasteiger partial charge on any atom is 0.127 e. The summed E-state index contributed by atoms with van der Waals surface area (Å²) in [6.45, 7) is 5.30. The van der Waals surface area contributed by atoms with E-state index in [0.717, 1.165) is 22.8 Å². The molecular weight excluding hydrogens is 290 g/mol. The molecule has 0 atom stereocenters. The molecule has 0 aliphatic heterocycles. The van der Waals surface area contributed by atoms with Gasteiger partial charge in [0.05, 0.1) is 24.5 Å². The quantitative estimate of drug-likeness (QED) is 0.733. The van der Waals surface area contributed by atoms with Crippen molar-refractivity contribution >= 4 is 5.82 Å². The van der Waals surface area contributed by atoms with Crippen molar-refractivity contribution in [1.82, 2.24) is 19.6 Å². The van der Waals surface area contributed by atoms with Gasteiger partial charge in [0.2, 0.25) is 0 Å². The molecule has 6 nitrogen and oxygen atoms in total. The van der Waals surface area contributed by atoms with Gasteiger partial charge in [-0.25, -0.2) is 9.36 Å². The maximum absolute atomic E-state index is 9.15. The van der Waals surface area contributed by atoms with Crippen LogP contribution in [0, 0.1) is 13.8 Å². The molecule has 2 N–H and O–H groups in total. The average Bonchev–Trinajstić information content (AvgIpc) is 3.17. The maximum atomic E-state index is 9.15. The van der Waals surface area contributed by atoms with Crippen LogP contribution < -0.4 is 5.32 Å². The summed E-state index contributed by atoms with van der Waals surface area (Å²) < 4.78 is 3.66. The molecular formula is C17H21N5O. The highest BCUT2D eigenvalue weighted by molar-refractivity contribution is 5.47. The summed E-state index contributed by atoms with van der Waals surface area (Å²) in [4.78, 5) is 0. The number of rotatable bonds is 6. The van der Waals surface area contributed by atoms with Crippen LogP contribution in [0.15, 0.2) is 42.7 Å². The van der Waals surface area contributed by atoms with Gasteiger partial charge >= 0.3 is 0 Å². The van der Waals surface area contributed by atoms with E-state index in [0.29, 0.717) is 13.1 Å². The average molecular weight is 311 g/mol. The van der Waals surface area contributed by atoms with Crippen LogP contribution in [0.5, 0.6) is 0 Å². The van der Waals surface area contributed by atoms with Crippen molar-refractivity contribution in [1.29, 1.82) is 0 Å². The first-order chi connectivity index (χ1) is 11.2. The molecule has 0 radical (unpaired) electrons. The first-order valence-corrected chi connectivity index (χ1v) is 7.66. The van der Waals surface area contributed by atoms with E-state index in [2.05, 4.69) is 27.6 Å². The van der Waals surface area contributed by atoms with Crippen LogP contribution in [-0.4, -0.2) is 31.3 Å². The van der Waals surface area contributed by atoms with Gasteiger partial charge in [-0.1, -0.05) is 12.1 Å². The van der Waals surface area contributed by atoms with Crippen LogP contribution >= 0.6 is 0 Å². The number of nitrogens with one attached hydrogen (secondary N) is 1. The zero-order valence-corrected chi connectivity index (χ0v) is 13.4. The van der Waals surface area contributed by atoms with Crippen LogP contribution in [0.25, 0.3) is 5.69 Å². The van der Waals surface area contributed by atoms with Crippen molar-refractivity contribution < 1.29 is 5.11 Å². The van der Waals surface area contributed by atoms with Gasteiger partial charge in [-0.2, -0.15) is 10.2 Å². The Kier molecular flexibility index (Phi) is 4.43. The highest BCUT2D eigenvalue weighted by Gasteiger charge is 2.10. The third-order valence-corrected chi connectivity index (χ3v) is 3.90. The molecule has 3 aromatic rings. The second-order valence-corrected chi connectivity index (χ2v) is 5.48. The van der Waals surface area contributed by atoms with Gasteiger partial charge in [-0.3, -0.25) is 0 Å². The minimum absolute atomic E-state index is 0.0772. The standard InChI is InChI=1S/C17H21N5O/c1-13-14(2)20-22(10-11-23)17(13)18-12-15-4-6-16(7-5-15)21-9-3-8-19-21/h3-9,18,23H,10-12H2,1-2H3. The Morgan fingerprint density at radius 1 is 1.17 bits per heavy atom. The molecule has 6 heteroatoms. The zero-order chi connectivity index (χ0) is 16.2. The summed E-state index contributed by atoms with van der Waals surface area (Å²) in [6, 6.07) is 10.2. The molecule has 0 amide bonds. The number of anilines is 1. The van der Waals surface area contributed by atoms with Gasteiger partial charge in [0.1, 0.15) is 5.82 Å². The molecule has 2 aromatic heterocycles. The summed E-state index contributed by atoms with van der Waals surface area (Å²) in [7, 11) is 0. The fourth-order valence-electron chi connectivity index (χ4n) is 2.53. The molecule has 0 fully saturated rings. The van der Waals surface area contributed by atoms with E-state index >= 15 is 0 Å². The van der Waals surface area contributed by atoms with E-state index < -0.39 is 0 Å². The van der Waals surface area contributed by atoms with Gasteiger partial charge in [0.25, 0.3) is 0 Å². The largest absolute Gasteiger partial charge is 0.394 e. The molecule has 23 heavy (non-hydrogen) atoms. The second-order valence-electron chi connectivity index (χ2n) is 5.48. The van der Waals surface area contributed by atoms with Crippen molar-refractivity contribution in [2.24, 2.45) is 0 Å². The first kappa shape index (κ1) is 15.3. The number of nitrogens with zero attached hydrogens (tertiary/aromatic N) is 4. The Morgan fingerprint density at radius 3 is 2.61 bits per heavy atom. The van der Waals surface area contributed by atoms with E-state index in [1.54, 1.807) is 6.20 Å². The van der Waals surface area contributed by atoms with Crippen molar-refractivity contribution in [3.8, 4) is 5.69 Å².